The van der Waals surface area contributed by atoms with Gasteiger partial charge in [0.25, 0.3) is 0 Å². The number of anilines is 2. The molecule has 0 amide bonds. The van der Waals surface area contributed by atoms with E-state index in [1.165, 1.54) is 4.57 Å². The molecule has 6 nitrogen and oxygen atoms in total. The summed E-state index contributed by atoms with van der Waals surface area (Å²) in [5.41, 5.74) is 2.33. The molecule has 1 aliphatic rings. The van der Waals surface area contributed by atoms with Gasteiger partial charge in [0.05, 0.1) is 46.8 Å². The van der Waals surface area contributed by atoms with Crippen LogP contribution in [0.15, 0.2) is 42.6 Å². The molecule has 36 heavy (non-hydrogen) atoms. The zero-order valence-corrected chi connectivity index (χ0v) is 20.3. The first-order chi connectivity index (χ1) is 17.2. The van der Waals surface area contributed by atoms with Crippen molar-refractivity contribution in [1.29, 1.82) is 5.26 Å². The summed E-state index contributed by atoms with van der Waals surface area (Å²) in [6.45, 7) is 4.55. The van der Waals surface area contributed by atoms with E-state index in [2.05, 4.69) is 38.8 Å². The van der Waals surface area contributed by atoms with Crippen molar-refractivity contribution in [2.24, 2.45) is 0 Å². The highest BCUT2D eigenvalue weighted by Crippen LogP contribution is 2.31. The number of alkyl halides is 3. The van der Waals surface area contributed by atoms with E-state index in [-0.39, 0.29) is 12.6 Å². The van der Waals surface area contributed by atoms with Gasteiger partial charge in [0.2, 0.25) is 0 Å². The van der Waals surface area contributed by atoms with E-state index in [1.807, 2.05) is 12.1 Å². The number of aromatic nitrogens is 2. The van der Waals surface area contributed by atoms with Crippen molar-refractivity contribution in [1.82, 2.24) is 14.9 Å². The van der Waals surface area contributed by atoms with Gasteiger partial charge in [0.1, 0.15) is 6.54 Å². The summed E-state index contributed by atoms with van der Waals surface area (Å²) < 4.78 is 41.5. The highest BCUT2D eigenvalue weighted by Gasteiger charge is 2.30. The molecule has 3 heterocycles. The third-order valence-corrected chi connectivity index (χ3v) is 6.26. The maximum absolute atomic E-state index is 13.4. The predicted octanol–water partition coefficient (Wildman–Crippen LogP) is 5.03. The van der Waals surface area contributed by atoms with Crippen molar-refractivity contribution >= 4 is 22.3 Å². The molecule has 9 heteroatoms. The molecule has 2 aromatic heterocycles. The smallest absolute Gasteiger partial charge is 0.382 e. The Morgan fingerprint density at radius 1 is 1.17 bits per heavy atom. The lowest BCUT2D eigenvalue weighted by molar-refractivity contribution is -0.140. The van der Waals surface area contributed by atoms with E-state index in [4.69, 9.17) is 0 Å². The maximum atomic E-state index is 13.4. The topological polar surface area (TPSA) is 77.7 Å². The number of pyridine rings is 1. The van der Waals surface area contributed by atoms with Crippen LogP contribution in [-0.4, -0.2) is 41.4 Å². The van der Waals surface area contributed by atoms with Gasteiger partial charge in [-0.25, -0.2) is 0 Å². The Morgan fingerprint density at radius 3 is 2.61 bits per heavy atom. The van der Waals surface area contributed by atoms with Crippen LogP contribution in [0, 0.1) is 23.2 Å². The van der Waals surface area contributed by atoms with Crippen molar-refractivity contribution in [2.45, 2.75) is 50.9 Å². The maximum Gasteiger partial charge on any atom is 0.406 e. The lowest BCUT2D eigenvalue weighted by Gasteiger charge is -2.25. The Bertz CT molecular complexity index is 1300. The van der Waals surface area contributed by atoms with Crippen molar-refractivity contribution in [3.63, 3.8) is 0 Å². The minimum atomic E-state index is -4.37. The molecule has 1 aliphatic heterocycles. The standard InChI is InChI=1S/C27H29F3N6/c1-26(2,17-31)25-9-8-20(16-34-25)33-12-4-5-21-15-22-23(35-19-10-13-32-14-11-19)6-3-7-24(22)36(21)18-27(28,29)30/h3,6-9,15-16,19,32-33,35H,10-14,18H2,1-2H3. The van der Waals surface area contributed by atoms with Gasteiger partial charge in [-0.1, -0.05) is 12.0 Å². The van der Waals surface area contributed by atoms with E-state index in [1.54, 1.807) is 44.3 Å². The van der Waals surface area contributed by atoms with E-state index >= 15 is 0 Å². The molecule has 0 spiro atoms. The second-order valence-electron chi connectivity index (χ2n) is 9.46. The van der Waals surface area contributed by atoms with Crippen LogP contribution >= 0.6 is 0 Å². The summed E-state index contributed by atoms with van der Waals surface area (Å²) in [6.07, 6.45) is -0.831. The Balaban J connectivity index is 1.55. The molecule has 0 aliphatic carbocycles. The van der Waals surface area contributed by atoms with Crippen LogP contribution in [0.25, 0.3) is 10.9 Å². The molecule has 3 aromatic rings. The quantitative estimate of drug-likeness (QED) is 0.419. The van der Waals surface area contributed by atoms with Crippen LogP contribution in [-0.2, 0) is 12.0 Å². The minimum Gasteiger partial charge on any atom is -0.382 e. The summed E-state index contributed by atoms with van der Waals surface area (Å²) in [7, 11) is 0. The number of rotatable bonds is 6. The van der Waals surface area contributed by atoms with Gasteiger partial charge < -0.3 is 20.5 Å². The molecular weight excluding hydrogens is 465 g/mol. The molecule has 188 valence electrons. The fourth-order valence-corrected chi connectivity index (χ4v) is 4.26. The summed E-state index contributed by atoms with van der Waals surface area (Å²) in [4.78, 5) is 4.33. The minimum absolute atomic E-state index is 0.233. The molecular formula is C27H29F3N6. The molecule has 1 fully saturated rings. The van der Waals surface area contributed by atoms with Crippen LogP contribution in [0.1, 0.15) is 38.1 Å². The second-order valence-corrected chi connectivity index (χ2v) is 9.46. The third-order valence-electron chi connectivity index (χ3n) is 6.26. The van der Waals surface area contributed by atoms with Crippen molar-refractivity contribution in [3.8, 4) is 17.9 Å². The van der Waals surface area contributed by atoms with Gasteiger partial charge in [0, 0.05) is 17.1 Å². The number of halogens is 3. The molecule has 0 radical (unpaired) electrons. The van der Waals surface area contributed by atoms with Crippen molar-refractivity contribution in [3.05, 3.63) is 54.0 Å². The molecule has 1 saturated heterocycles. The number of hydrogen-bond acceptors (Lipinski definition) is 5. The number of nitrogens with one attached hydrogen (secondary N) is 3. The summed E-state index contributed by atoms with van der Waals surface area (Å²) in [6, 6.07) is 13.2. The van der Waals surface area contributed by atoms with E-state index in [0.717, 1.165) is 37.0 Å². The monoisotopic (exact) mass is 494 g/mol. The van der Waals surface area contributed by atoms with Gasteiger partial charge >= 0.3 is 6.18 Å². The number of fused-ring (bicyclic) bond motifs is 1. The second kappa shape index (κ2) is 10.5. The van der Waals surface area contributed by atoms with E-state index in [0.29, 0.717) is 22.6 Å². The Hall–Kier alpha value is -3.69. The van der Waals surface area contributed by atoms with Gasteiger partial charge in [0.15, 0.2) is 0 Å². The molecule has 0 saturated carbocycles. The largest absolute Gasteiger partial charge is 0.406 e. The van der Waals surface area contributed by atoms with Gasteiger partial charge in [-0.3, -0.25) is 4.98 Å². The first kappa shape index (κ1) is 25.4. The highest BCUT2D eigenvalue weighted by molar-refractivity contribution is 5.94. The predicted molar refractivity (Wildman–Crippen MR) is 136 cm³/mol. The summed E-state index contributed by atoms with van der Waals surface area (Å²) in [5, 5.41) is 19.9. The van der Waals surface area contributed by atoms with Crippen LogP contribution < -0.4 is 16.0 Å². The number of nitrogens with zero attached hydrogens (tertiary/aromatic N) is 3. The lowest BCUT2D eigenvalue weighted by atomic mass is 9.91. The van der Waals surface area contributed by atoms with Crippen molar-refractivity contribution in [2.75, 3.05) is 30.3 Å². The van der Waals surface area contributed by atoms with Gasteiger partial charge in [-0.2, -0.15) is 18.4 Å². The third kappa shape index (κ3) is 6.10. The number of benzene rings is 1. The Kier molecular flexibility index (Phi) is 7.42. The Labute approximate surface area is 208 Å². The lowest BCUT2D eigenvalue weighted by Crippen LogP contribution is -2.35. The average molecular weight is 495 g/mol. The van der Waals surface area contributed by atoms with Crippen molar-refractivity contribution < 1.29 is 13.2 Å². The Morgan fingerprint density at radius 2 is 1.94 bits per heavy atom. The number of hydrogen-bond donors (Lipinski definition) is 3. The summed E-state index contributed by atoms with van der Waals surface area (Å²) >= 11 is 0. The number of piperidine rings is 1. The molecule has 0 bridgehead atoms. The van der Waals surface area contributed by atoms with Crippen LogP contribution in [0.4, 0.5) is 24.5 Å². The first-order valence-electron chi connectivity index (χ1n) is 11.9. The molecule has 0 unspecified atom stereocenters. The van der Waals surface area contributed by atoms with Crippen LogP contribution in [0.3, 0.4) is 0 Å². The van der Waals surface area contributed by atoms with Crippen LogP contribution in [0.5, 0.6) is 0 Å². The number of nitriles is 1. The molecule has 1 aromatic carbocycles. The van der Waals surface area contributed by atoms with Gasteiger partial charge in [-0.15, -0.1) is 0 Å². The fraction of sp³-hybridized carbons (Fsp3) is 0.407. The van der Waals surface area contributed by atoms with Gasteiger partial charge in [-0.05, 0) is 76.0 Å². The molecule has 3 N–H and O–H groups in total. The molecule has 4 rings (SSSR count). The zero-order valence-electron chi connectivity index (χ0n) is 20.3. The molecule has 0 atom stereocenters. The van der Waals surface area contributed by atoms with Crippen LogP contribution in [0.2, 0.25) is 0 Å². The highest BCUT2D eigenvalue weighted by atomic mass is 19.4. The van der Waals surface area contributed by atoms with E-state index < -0.39 is 18.1 Å². The first-order valence-corrected chi connectivity index (χ1v) is 11.9. The van der Waals surface area contributed by atoms with E-state index in [9.17, 15) is 18.4 Å². The fourth-order valence-electron chi connectivity index (χ4n) is 4.26. The summed E-state index contributed by atoms with van der Waals surface area (Å²) in [5.74, 6) is 5.86. The SMILES string of the molecule is CC(C)(C#N)c1ccc(NCC#Cc2cc3c(NC4CCNCC4)cccc3n2CC(F)(F)F)cn1. The zero-order chi connectivity index (χ0) is 25.8. The normalized spacial score (nSPS) is 14.7. The average Bonchev–Trinajstić information content (AvgIpc) is 3.19.